The molecule has 0 fully saturated rings. The standard InChI is InChI=1S/C21H16F2N2O3S/c22-20(23)28-17-11-9-14(10-12-17)19(26)25-21(29)24-15-5-4-8-18(13-15)27-16-6-2-1-3-7-16/h1-13,20H,(H2,24,25,26,29). The predicted molar refractivity (Wildman–Crippen MR) is 110 cm³/mol. The van der Waals surface area contributed by atoms with Crippen LogP contribution in [0.25, 0.3) is 0 Å². The maximum Gasteiger partial charge on any atom is 0.387 e. The molecule has 0 saturated carbocycles. The minimum atomic E-state index is -2.92. The number of nitrogens with one attached hydrogen (secondary N) is 2. The molecule has 148 valence electrons. The molecule has 3 rings (SSSR count). The quantitative estimate of drug-likeness (QED) is 0.543. The Balaban J connectivity index is 1.57. The molecule has 8 heteroatoms. The molecule has 0 radical (unpaired) electrons. The average molecular weight is 414 g/mol. The van der Waals surface area contributed by atoms with E-state index in [-0.39, 0.29) is 16.4 Å². The molecule has 3 aromatic carbocycles. The van der Waals surface area contributed by atoms with Crippen LogP contribution in [0.3, 0.4) is 0 Å². The van der Waals surface area contributed by atoms with Crippen LogP contribution in [0.1, 0.15) is 10.4 Å². The van der Waals surface area contributed by atoms with Gasteiger partial charge in [0.15, 0.2) is 5.11 Å². The summed E-state index contributed by atoms with van der Waals surface area (Å²) in [5.74, 6) is 0.778. The van der Waals surface area contributed by atoms with Gasteiger partial charge < -0.3 is 14.8 Å². The topological polar surface area (TPSA) is 59.6 Å². The third kappa shape index (κ3) is 6.25. The highest BCUT2D eigenvalue weighted by molar-refractivity contribution is 7.80. The SMILES string of the molecule is O=C(NC(=S)Nc1cccc(Oc2ccccc2)c1)c1ccc(OC(F)F)cc1. The molecule has 0 saturated heterocycles. The molecule has 0 bridgehead atoms. The van der Waals surface area contributed by atoms with Crippen LogP contribution < -0.4 is 20.1 Å². The van der Waals surface area contributed by atoms with Crippen LogP contribution >= 0.6 is 12.2 Å². The molecule has 0 unspecified atom stereocenters. The summed E-state index contributed by atoms with van der Waals surface area (Å²) in [5, 5.41) is 5.51. The van der Waals surface area contributed by atoms with E-state index >= 15 is 0 Å². The fraction of sp³-hybridized carbons (Fsp3) is 0.0476. The fourth-order valence-electron chi connectivity index (χ4n) is 2.39. The van der Waals surface area contributed by atoms with Gasteiger partial charge in [0.05, 0.1) is 0 Å². The number of amides is 1. The first-order valence-corrected chi connectivity index (χ1v) is 8.90. The van der Waals surface area contributed by atoms with E-state index in [1.54, 1.807) is 24.3 Å². The van der Waals surface area contributed by atoms with E-state index in [1.807, 2.05) is 30.3 Å². The Labute approximate surface area is 171 Å². The van der Waals surface area contributed by atoms with Crippen molar-refractivity contribution < 1.29 is 23.0 Å². The minimum Gasteiger partial charge on any atom is -0.457 e. The van der Waals surface area contributed by atoms with Crippen molar-refractivity contribution in [3.63, 3.8) is 0 Å². The highest BCUT2D eigenvalue weighted by atomic mass is 32.1. The van der Waals surface area contributed by atoms with Gasteiger partial charge in [0.2, 0.25) is 0 Å². The molecule has 0 aliphatic heterocycles. The highest BCUT2D eigenvalue weighted by Gasteiger charge is 2.10. The van der Waals surface area contributed by atoms with Crippen molar-refractivity contribution in [2.45, 2.75) is 6.61 Å². The maximum atomic E-state index is 12.2. The second kappa shape index (κ2) is 9.61. The molecule has 3 aromatic rings. The lowest BCUT2D eigenvalue weighted by atomic mass is 10.2. The number of carbonyl (C=O) groups is 1. The number of thiocarbonyl (C=S) groups is 1. The van der Waals surface area contributed by atoms with Gasteiger partial charge in [-0.2, -0.15) is 8.78 Å². The van der Waals surface area contributed by atoms with Crippen molar-refractivity contribution in [2.24, 2.45) is 0 Å². The number of benzene rings is 3. The van der Waals surface area contributed by atoms with Crippen molar-refractivity contribution in [1.29, 1.82) is 0 Å². The van der Waals surface area contributed by atoms with E-state index in [0.717, 1.165) is 0 Å². The number of hydrogen-bond acceptors (Lipinski definition) is 4. The van der Waals surface area contributed by atoms with Crippen LogP contribution in [-0.4, -0.2) is 17.6 Å². The Morgan fingerprint density at radius 1 is 0.862 bits per heavy atom. The van der Waals surface area contributed by atoms with Crippen LogP contribution in [0, 0.1) is 0 Å². The first-order chi connectivity index (χ1) is 14.0. The monoisotopic (exact) mass is 414 g/mol. The van der Waals surface area contributed by atoms with Gasteiger partial charge in [-0.3, -0.25) is 10.1 Å². The Bertz CT molecular complexity index is 983. The van der Waals surface area contributed by atoms with Gasteiger partial charge in [-0.05, 0) is 60.7 Å². The van der Waals surface area contributed by atoms with Crippen LogP contribution in [-0.2, 0) is 0 Å². The molecule has 0 heterocycles. The lowest BCUT2D eigenvalue weighted by Crippen LogP contribution is -2.34. The predicted octanol–water partition coefficient (Wildman–Crippen LogP) is 5.21. The number of halogens is 2. The van der Waals surface area contributed by atoms with Crippen molar-refractivity contribution >= 4 is 28.9 Å². The van der Waals surface area contributed by atoms with Gasteiger partial charge in [-0.25, -0.2) is 0 Å². The van der Waals surface area contributed by atoms with Crippen LogP contribution in [0.4, 0.5) is 14.5 Å². The number of hydrogen-bond donors (Lipinski definition) is 2. The lowest BCUT2D eigenvalue weighted by Gasteiger charge is -2.12. The third-order valence-corrected chi connectivity index (χ3v) is 3.84. The summed E-state index contributed by atoms with van der Waals surface area (Å²) in [7, 11) is 0. The molecular formula is C21H16F2N2O3S. The molecule has 0 aromatic heterocycles. The molecule has 5 nitrogen and oxygen atoms in total. The smallest absolute Gasteiger partial charge is 0.387 e. The second-order valence-corrected chi connectivity index (χ2v) is 6.16. The highest BCUT2D eigenvalue weighted by Crippen LogP contribution is 2.23. The summed E-state index contributed by atoms with van der Waals surface area (Å²) >= 11 is 5.16. The molecule has 0 aliphatic rings. The van der Waals surface area contributed by atoms with E-state index in [9.17, 15) is 13.6 Å². The Morgan fingerprint density at radius 2 is 1.55 bits per heavy atom. The maximum absolute atomic E-state index is 12.2. The number of rotatable bonds is 6. The molecule has 0 spiro atoms. The first-order valence-electron chi connectivity index (χ1n) is 8.50. The number of ether oxygens (including phenoxy) is 2. The van der Waals surface area contributed by atoms with E-state index < -0.39 is 12.5 Å². The largest absolute Gasteiger partial charge is 0.457 e. The van der Waals surface area contributed by atoms with Crippen molar-refractivity contribution in [1.82, 2.24) is 5.32 Å². The fourth-order valence-corrected chi connectivity index (χ4v) is 2.60. The van der Waals surface area contributed by atoms with Gasteiger partial charge in [-0.1, -0.05) is 24.3 Å². The third-order valence-electron chi connectivity index (χ3n) is 3.64. The van der Waals surface area contributed by atoms with Crippen molar-refractivity contribution in [3.8, 4) is 17.2 Å². The van der Waals surface area contributed by atoms with E-state index in [4.69, 9.17) is 17.0 Å². The summed E-state index contributed by atoms with van der Waals surface area (Å²) in [6.45, 7) is -2.92. The molecule has 2 N–H and O–H groups in total. The molecule has 0 aliphatic carbocycles. The summed E-state index contributed by atoms with van der Waals surface area (Å²) in [6, 6.07) is 21.7. The summed E-state index contributed by atoms with van der Waals surface area (Å²) in [6.07, 6.45) is 0. The number of para-hydroxylation sites is 1. The number of carbonyl (C=O) groups excluding carboxylic acids is 1. The average Bonchev–Trinajstić information content (AvgIpc) is 2.69. The van der Waals surface area contributed by atoms with Crippen LogP contribution in [0.2, 0.25) is 0 Å². The van der Waals surface area contributed by atoms with Gasteiger partial charge in [0.1, 0.15) is 17.2 Å². The number of anilines is 1. The summed E-state index contributed by atoms with van der Waals surface area (Å²) < 4.78 is 34.3. The van der Waals surface area contributed by atoms with Crippen LogP contribution in [0.15, 0.2) is 78.9 Å². The summed E-state index contributed by atoms with van der Waals surface area (Å²) in [4.78, 5) is 12.2. The van der Waals surface area contributed by atoms with Crippen LogP contribution in [0.5, 0.6) is 17.2 Å². The van der Waals surface area contributed by atoms with Gasteiger partial charge in [0, 0.05) is 17.3 Å². The van der Waals surface area contributed by atoms with Gasteiger partial charge in [-0.15, -0.1) is 0 Å². The first kappa shape index (κ1) is 20.2. The zero-order valence-corrected chi connectivity index (χ0v) is 15.8. The van der Waals surface area contributed by atoms with Gasteiger partial charge in [0.25, 0.3) is 5.91 Å². The zero-order valence-electron chi connectivity index (χ0n) is 15.0. The lowest BCUT2D eigenvalue weighted by molar-refractivity contribution is -0.0498. The zero-order chi connectivity index (χ0) is 20.6. The Kier molecular flexibility index (Phi) is 6.70. The molecule has 0 atom stereocenters. The molecular weight excluding hydrogens is 398 g/mol. The second-order valence-electron chi connectivity index (χ2n) is 5.75. The van der Waals surface area contributed by atoms with Gasteiger partial charge >= 0.3 is 6.61 Å². The minimum absolute atomic E-state index is 0.0347. The molecule has 29 heavy (non-hydrogen) atoms. The van der Waals surface area contributed by atoms with E-state index in [2.05, 4.69) is 15.4 Å². The number of alkyl halides is 2. The Hall–Kier alpha value is -3.52. The summed E-state index contributed by atoms with van der Waals surface area (Å²) in [5.41, 5.74) is 0.876. The van der Waals surface area contributed by atoms with E-state index in [0.29, 0.717) is 17.2 Å². The van der Waals surface area contributed by atoms with E-state index in [1.165, 1.54) is 24.3 Å². The Morgan fingerprint density at radius 3 is 2.24 bits per heavy atom. The normalized spacial score (nSPS) is 10.3. The van der Waals surface area contributed by atoms with Crippen molar-refractivity contribution in [3.05, 3.63) is 84.4 Å². The molecule has 1 amide bonds. The van der Waals surface area contributed by atoms with Crippen molar-refractivity contribution in [2.75, 3.05) is 5.32 Å².